The summed E-state index contributed by atoms with van der Waals surface area (Å²) in [6.07, 6.45) is -0.0391. The highest BCUT2D eigenvalue weighted by atomic mass is 35.5. The van der Waals surface area contributed by atoms with Crippen LogP contribution in [-0.4, -0.2) is 38.7 Å². The third kappa shape index (κ3) is 4.38. The van der Waals surface area contributed by atoms with Crippen molar-refractivity contribution in [3.8, 4) is 11.4 Å². The van der Waals surface area contributed by atoms with Crippen LogP contribution >= 0.6 is 11.6 Å². The number of aromatic nitrogens is 2. The zero-order chi connectivity index (χ0) is 28.4. The Balaban J connectivity index is 1.69. The van der Waals surface area contributed by atoms with Crippen LogP contribution in [-0.2, 0) is 44.4 Å². The van der Waals surface area contributed by atoms with Gasteiger partial charge in [0.25, 0.3) is 5.56 Å². The average molecular weight is 562 g/mol. The second-order valence-corrected chi connectivity index (χ2v) is 11.0. The van der Waals surface area contributed by atoms with Gasteiger partial charge in [0.2, 0.25) is 5.91 Å². The minimum absolute atomic E-state index is 0.0391. The first-order valence-corrected chi connectivity index (χ1v) is 12.7. The lowest BCUT2D eigenvalue weighted by Crippen LogP contribution is -2.44. The number of aliphatic hydroxyl groups is 1. The summed E-state index contributed by atoms with van der Waals surface area (Å²) in [5.74, 6) is -3.40. The highest BCUT2D eigenvalue weighted by Gasteiger charge is 2.45. The lowest BCUT2D eigenvalue weighted by Gasteiger charge is -2.31. The van der Waals surface area contributed by atoms with E-state index < -0.39 is 45.3 Å². The topological polar surface area (TPSA) is 120 Å². The van der Waals surface area contributed by atoms with Gasteiger partial charge in [-0.15, -0.1) is 0 Å². The van der Waals surface area contributed by atoms with Gasteiger partial charge >= 0.3 is 5.97 Å². The summed E-state index contributed by atoms with van der Waals surface area (Å²) in [4.78, 5) is 42.9. The lowest BCUT2D eigenvalue weighted by atomic mass is 9.86. The smallest absolute Gasteiger partial charge is 0.343 e. The molecule has 0 unspecified atom stereocenters. The van der Waals surface area contributed by atoms with E-state index in [2.05, 4.69) is 10.3 Å². The van der Waals surface area contributed by atoms with Crippen molar-refractivity contribution >= 4 is 34.4 Å². The van der Waals surface area contributed by atoms with Crippen molar-refractivity contribution in [2.75, 3.05) is 6.61 Å². The molecule has 0 saturated heterocycles. The van der Waals surface area contributed by atoms with Crippen LogP contribution in [0, 0.1) is 11.6 Å². The molecule has 4 heterocycles. The highest BCUT2D eigenvalue weighted by molar-refractivity contribution is 6.31. The van der Waals surface area contributed by atoms with E-state index in [0.29, 0.717) is 5.56 Å². The highest BCUT2D eigenvalue weighted by Crippen LogP contribution is 2.41. The molecule has 3 aromatic rings. The van der Waals surface area contributed by atoms with Crippen LogP contribution in [0.1, 0.15) is 56.4 Å². The van der Waals surface area contributed by atoms with E-state index >= 15 is 4.39 Å². The van der Waals surface area contributed by atoms with E-state index in [1.807, 2.05) is 0 Å². The van der Waals surface area contributed by atoms with Crippen molar-refractivity contribution < 1.29 is 33.0 Å². The Labute approximate surface area is 226 Å². The van der Waals surface area contributed by atoms with Gasteiger partial charge in [0, 0.05) is 29.1 Å². The zero-order valence-corrected chi connectivity index (χ0v) is 22.5. The van der Waals surface area contributed by atoms with Gasteiger partial charge < -0.3 is 24.5 Å². The number of carbonyl (C=O) groups is 2. The fraction of sp³-hybridized carbons (Fsp3) is 0.407. The molecule has 2 N–H and O–H groups in total. The summed E-state index contributed by atoms with van der Waals surface area (Å²) in [6.45, 7) is 6.18. The number of fused-ring (bicyclic) bond motifs is 5. The Bertz CT molecular complexity index is 1630. The number of rotatable bonds is 5. The monoisotopic (exact) mass is 561 g/mol. The standard InChI is InChI=1S/C27H26ClF2N3O6/c1-5-27(37)15-6-18-23-13(9-33(18)24(35)14(15)10-38-25(27)36)12(8-31-19(34)11-39-26(2,3)4)20-17(32-23)7-16(29)21(28)22(20)30/h6-7,37H,5,8-11H2,1-4H3,(H,31,34)/t27-/m0/s1. The molecule has 1 aromatic carbocycles. The number of ether oxygens (including phenoxy) is 2. The normalized spacial score (nSPS) is 18.0. The van der Waals surface area contributed by atoms with Gasteiger partial charge in [-0.3, -0.25) is 9.59 Å². The number of halogens is 3. The summed E-state index contributed by atoms with van der Waals surface area (Å²) in [6, 6.07) is 2.47. The molecule has 39 heavy (non-hydrogen) atoms. The first-order valence-electron chi connectivity index (χ1n) is 12.3. The van der Waals surface area contributed by atoms with Crippen LogP contribution in [0.3, 0.4) is 0 Å². The van der Waals surface area contributed by atoms with Gasteiger partial charge in [-0.25, -0.2) is 18.6 Å². The van der Waals surface area contributed by atoms with Crippen LogP contribution in [0.2, 0.25) is 5.02 Å². The van der Waals surface area contributed by atoms with E-state index in [-0.39, 0.29) is 71.7 Å². The maximum Gasteiger partial charge on any atom is 0.343 e. The molecule has 2 aliphatic heterocycles. The molecular weight excluding hydrogens is 536 g/mol. The fourth-order valence-corrected chi connectivity index (χ4v) is 5.10. The molecule has 1 atom stereocenters. The number of amides is 1. The lowest BCUT2D eigenvalue weighted by molar-refractivity contribution is -0.172. The molecular formula is C27H26ClF2N3O6. The Kier molecular flexibility index (Phi) is 6.52. The number of esters is 1. The minimum atomic E-state index is -2.03. The van der Waals surface area contributed by atoms with Crippen molar-refractivity contribution in [2.45, 2.75) is 65.0 Å². The number of carbonyl (C=O) groups excluding carboxylic acids is 2. The van der Waals surface area contributed by atoms with Crippen LogP contribution < -0.4 is 10.9 Å². The fourth-order valence-electron chi connectivity index (χ4n) is 4.95. The second kappa shape index (κ2) is 9.35. The van der Waals surface area contributed by atoms with Gasteiger partial charge in [0.1, 0.15) is 24.1 Å². The maximum absolute atomic E-state index is 15.4. The largest absolute Gasteiger partial charge is 0.458 e. The van der Waals surface area contributed by atoms with Crippen molar-refractivity contribution in [2.24, 2.45) is 0 Å². The van der Waals surface area contributed by atoms with Crippen molar-refractivity contribution in [1.29, 1.82) is 0 Å². The Morgan fingerprint density at radius 1 is 1.28 bits per heavy atom. The third-order valence-corrected chi connectivity index (χ3v) is 7.37. The first kappa shape index (κ1) is 27.2. The summed E-state index contributed by atoms with van der Waals surface area (Å²) < 4.78 is 41.8. The van der Waals surface area contributed by atoms with Gasteiger partial charge in [-0.05, 0) is 38.8 Å². The minimum Gasteiger partial charge on any atom is -0.458 e. The Hall–Kier alpha value is -3.41. The van der Waals surface area contributed by atoms with Gasteiger partial charge in [-0.1, -0.05) is 18.5 Å². The van der Waals surface area contributed by atoms with Crippen LogP contribution in [0.4, 0.5) is 8.78 Å². The quantitative estimate of drug-likeness (QED) is 0.283. The molecule has 12 heteroatoms. The molecule has 2 aromatic heterocycles. The van der Waals surface area contributed by atoms with Crippen molar-refractivity contribution in [3.05, 3.63) is 61.4 Å². The van der Waals surface area contributed by atoms with E-state index in [1.54, 1.807) is 27.7 Å². The van der Waals surface area contributed by atoms with Crippen molar-refractivity contribution in [3.63, 3.8) is 0 Å². The number of nitrogens with one attached hydrogen (secondary N) is 1. The summed E-state index contributed by atoms with van der Waals surface area (Å²) in [5, 5.41) is 12.9. The second-order valence-electron chi connectivity index (χ2n) is 10.6. The first-order chi connectivity index (χ1) is 18.3. The van der Waals surface area contributed by atoms with E-state index in [1.165, 1.54) is 10.6 Å². The number of hydrogen-bond donors (Lipinski definition) is 2. The SMILES string of the molecule is CC[C@@]1(O)C(=O)OCc2c1cc1n(c2=O)Cc2c-1nc1cc(F)c(Cl)c(F)c1c2CNC(=O)COC(C)(C)C. The summed E-state index contributed by atoms with van der Waals surface area (Å²) in [5.41, 5.74) is -1.79. The van der Waals surface area contributed by atoms with Gasteiger partial charge in [-0.2, -0.15) is 0 Å². The third-order valence-electron chi connectivity index (χ3n) is 7.03. The number of hydrogen-bond acceptors (Lipinski definition) is 7. The molecule has 0 aliphatic carbocycles. The van der Waals surface area contributed by atoms with Crippen LogP contribution in [0.5, 0.6) is 0 Å². The van der Waals surface area contributed by atoms with Gasteiger partial charge in [0.15, 0.2) is 11.4 Å². The number of cyclic esters (lactones) is 1. The number of benzene rings is 1. The molecule has 9 nitrogen and oxygen atoms in total. The molecule has 1 amide bonds. The molecule has 0 radical (unpaired) electrons. The Morgan fingerprint density at radius 3 is 2.67 bits per heavy atom. The molecule has 0 spiro atoms. The molecule has 0 bridgehead atoms. The zero-order valence-electron chi connectivity index (χ0n) is 21.7. The Morgan fingerprint density at radius 2 is 2.00 bits per heavy atom. The molecule has 206 valence electrons. The predicted octanol–water partition coefficient (Wildman–Crippen LogP) is 3.44. The number of nitrogens with zero attached hydrogens (tertiary/aromatic N) is 2. The summed E-state index contributed by atoms with van der Waals surface area (Å²) in [7, 11) is 0. The summed E-state index contributed by atoms with van der Waals surface area (Å²) >= 11 is 5.89. The predicted molar refractivity (Wildman–Crippen MR) is 137 cm³/mol. The molecule has 0 fully saturated rings. The average Bonchev–Trinajstić information content (AvgIpc) is 3.25. The van der Waals surface area contributed by atoms with E-state index in [4.69, 9.17) is 21.1 Å². The van der Waals surface area contributed by atoms with Crippen LogP contribution in [0.25, 0.3) is 22.3 Å². The molecule has 0 saturated carbocycles. The molecule has 5 rings (SSSR count). The molecule has 2 aliphatic rings. The van der Waals surface area contributed by atoms with E-state index in [0.717, 1.165) is 6.07 Å². The maximum atomic E-state index is 15.4. The van der Waals surface area contributed by atoms with Crippen molar-refractivity contribution in [1.82, 2.24) is 14.9 Å². The number of pyridine rings is 2. The van der Waals surface area contributed by atoms with Gasteiger partial charge in [0.05, 0.1) is 34.6 Å². The van der Waals surface area contributed by atoms with Crippen LogP contribution in [0.15, 0.2) is 16.9 Å². The van der Waals surface area contributed by atoms with E-state index in [9.17, 15) is 23.9 Å².